The Bertz CT molecular complexity index is 1070. The Morgan fingerprint density at radius 1 is 1.09 bits per heavy atom. The minimum Gasteiger partial charge on any atom is -0.381 e. The highest BCUT2D eigenvalue weighted by molar-refractivity contribution is 7.92. The van der Waals surface area contributed by atoms with E-state index in [4.69, 9.17) is 4.74 Å². The van der Waals surface area contributed by atoms with E-state index in [1.807, 2.05) is 43.0 Å². The summed E-state index contributed by atoms with van der Waals surface area (Å²) in [6.45, 7) is 8.29. The lowest BCUT2D eigenvalue weighted by Gasteiger charge is -2.30. The molecule has 2 aromatic rings. The minimum absolute atomic E-state index is 0.0772. The molecule has 172 valence electrons. The third kappa shape index (κ3) is 4.41. The van der Waals surface area contributed by atoms with Gasteiger partial charge in [-0.15, -0.1) is 0 Å². The first-order chi connectivity index (χ1) is 15.3. The summed E-state index contributed by atoms with van der Waals surface area (Å²) in [5.74, 6) is 0.0716. The highest BCUT2D eigenvalue weighted by atomic mass is 32.2. The molecule has 0 aromatic heterocycles. The number of hydrogen-bond donors (Lipinski definition) is 0. The van der Waals surface area contributed by atoms with Crippen LogP contribution in [0.2, 0.25) is 0 Å². The second-order valence-electron chi connectivity index (χ2n) is 9.05. The summed E-state index contributed by atoms with van der Waals surface area (Å²) in [6, 6.07) is 12.8. The van der Waals surface area contributed by atoms with Crippen molar-refractivity contribution in [2.24, 2.45) is 5.92 Å². The van der Waals surface area contributed by atoms with Crippen molar-refractivity contribution in [1.29, 1.82) is 0 Å². The minimum atomic E-state index is -3.81. The van der Waals surface area contributed by atoms with Crippen molar-refractivity contribution in [3.05, 3.63) is 59.2 Å². The Morgan fingerprint density at radius 2 is 1.78 bits per heavy atom. The maximum absolute atomic E-state index is 13.7. The van der Waals surface area contributed by atoms with E-state index < -0.39 is 10.0 Å². The summed E-state index contributed by atoms with van der Waals surface area (Å²) < 4.78 is 34.3. The molecule has 4 rings (SSSR count). The van der Waals surface area contributed by atoms with Crippen LogP contribution in [0.5, 0.6) is 0 Å². The van der Waals surface area contributed by atoms with Crippen molar-refractivity contribution in [3.8, 4) is 0 Å². The highest BCUT2D eigenvalue weighted by Gasteiger charge is 2.35. The van der Waals surface area contributed by atoms with Gasteiger partial charge in [-0.2, -0.15) is 0 Å². The molecule has 1 saturated heterocycles. The molecule has 32 heavy (non-hydrogen) atoms. The van der Waals surface area contributed by atoms with Gasteiger partial charge in [0.15, 0.2) is 0 Å². The Labute approximate surface area is 191 Å². The first-order valence-corrected chi connectivity index (χ1v) is 12.9. The molecular formula is C25H32N2O4S. The number of aryl methyl sites for hydroxylation is 1. The van der Waals surface area contributed by atoms with E-state index in [0.29, 0.717) is 37.6 Å². The maximum atomic E-state index is 13.7. The SMILES string of the molecule is CCc1ccc(N(CC(C)C)S(=O)(=O)c2ccc3c(c2)C(=O)N(C2CCOCC2)C3)cc1. The van der Waals surface area contributed by atoms with Gasteiger partial charge in [-0.25, -0.2) is 8.42 Å². The van der Waals surface area contributed by atoms with Gasteiger partial charge < -0.3 is 9.64 Å². The second kappa shape index (κ2) is 9.24. The number of carbonyl (C=O) groups excluding carboxylic acids is 1. The maximum Gasteiger partial charge on any atom is 0.264 e. The lowest BCUT2D eigenvalue weighted by Crippen LogP contribution is -2.39. The number of sulfonamides is 1. The third-order valence-corrected chi connectivity index (χ3v) is 8.09. The predicted molar refractivity (Wildman–Crippen MR) is 125 cm³/mol. The average Bonchev–Trinajstić information content (AvgIpc) is 3.14. The van der Waals surface area contributed by atoms with E-state index in [1.54, 1.807) is 18.2 Å². The number of anilines is 1. The van der Waals surface area contributed by atoms with Gasteiger partial charge in [0.25, 0.3) is 15.9 Å². The largest absolute Gasteiger partial charge is 0.381 e. The zero-order valence-corrected chi connectivity index (χ0v) is 19.9. The standard InChI is InChI=1S/C25H32N2O4S/c1-4-19-5-8-22(9-6-19)27(16-18(2)3)32(29,30)23-10-7-20-17-26(25(28)24(20)15-23)21-11-13-31-14-12-21/h5-10,15,18,21H,4,11-14,16-17H2,1-3H3. The summed E-state index contributed by atoms with van der Waals surface area (Å²) in [4.78, 5) is 15.2. The second-order valence-corrected chi connectivity index (χ2v) is 10.9. The molecule has 0 radical (unpaired) electrons. The van der Waals surface area contributed by atoms with Crippen LogP contribution in [-0.4, -0.2) is 45.0 Å². The number of rotatable bonds is 7. The summed E-state index contributed by atoms with van der Waals surface area (Å²) in [7, 11) is -3.81. The first-order valence-electron chi connectivity index (χ1n) is 11.4. The Kier molecular flexibility index (Phi) is 6.58. The van der Waals surface area contributed by atoms with Crippen LogP contribution in [0.4, 0.5) is 5.69 Å². The van der Waals surface area contributed by atoms with Crippen LogP contribution < -0.4 is 4.31 Å². The van der Waals surface area contributed by atoms with Crippen molar-refractivity contribution in [2.75, 3.05) is 24.1 Å². The van der Waals surface area contributed by atoms with Gasteiger partial charge in [0, 0.05) is 37.9 Å². The summed E-state index contributed by atoms with van der Waals surface area (Å²) in [5.41, 5.74) is 3.20. The van der Waals surface area contributed by atoms with E-state index >= 15 is 0 Å². The number of fused-ring (bicyclic) bond motifs is 1. The van der Waals surface area contributed by atoms with Gasteiger partial charge in [0.2, 0.25) is 0 Å². The van der Waals surface area contributed by atoms with Crippen LogP contribution in [0, 0.1) is 5.92 Å². The molecule has 7 heteroatoms. The zero-order chi connectivity index (χ0) is 22.9. The fraction of sp³-hybridized carbons (Fsp3) is 0.480. The normalized spacial score (nSPS) is 17.1. The quantitative estimate of drug-likeness (QED) is 0.625. The highest BCUT2D eigenvalue weighted by Crippen LogP contribution is 2.32. The molecule has 6 nitrogen and oxygen atoms in total. The lowest BCUT2D eigenvalue weighted by molar-refractivity contribution is 0.0303. The van der Waals surface area contributed by atoms with Gasteiger partial charge in [-0.1, -0.05) is 39.0 Å². The Morgan fingerprint density at radius 3 is 2.41 bits per heavy atom. The topological polar surface area (TPSA) is 66.9 Å². The number of amides is 1. The molecule has 1 amide bonds. The van der Waals surface area contributed by atoms with Crippen molar-refractivity contribution < 1.29 is 17.9 Å². The summed E-state index contributed by atoms with van der Waals surface area (Å²) in [5, 5.41) is 0. The molecule has 0 bridgehead atoms. The molecule has 2 aliphatic rings. The van der Waals surface area contributed by atoms with Gasteiger partial charge >= 0.3 is 0 Å². The Balaban J connectivity index is 1.66. The van der Waals surface area contributed by atoms with E-state index in [0.717, 1.165) is 30.4 Å². The molecule has 0 N–H and O–H groups in total. The molecule has 2 aromatic carbocycles. The fourth-order valence-corrected chi connectivity index (χ4v) is 6.11. The smallest absolute Gasteiger partial charge is 0.264 e. The fourth-order valence-electron chi connectivity index (χ4n) is 4.45. The molecule has 2 heterocycles. The van der Waals surface area contributed by atoms with Crippen LogP contribution >= 0.6 is 0 Å². The van der Waals surface area contributed by atoms with E-state index in [2.05, 4.69) is 6.92 Å². The lowest BCUT2D eigenvalue weighted by atomic mass is 10.1. The van der Waals surface area contributed by atoms with E-state index in [-0.39, 0.29) is 22.8 Å². The van der Waals surface area contributed by atoms with Crippen LogP contribution in [0.1, 0.15) is 55.1 Å². The van der Waals surface area contributed by atoms with Crippen LogP contribution in [0.3, 0.4) is 0 Å². The molecule has 0 unspecified atom stereocenters. The first kappa shape index (κ1) is 22.8. The molecule has 1 fully saturated rings. The number of benzene rings is 2. The number of carbonyl (C=O) groups is 1. The predicted octanol–water partition coefficient (Wildman–Crippen LogP) is 4.24. The summed E-state index contributed by atoms with van der Waals surface area (Å²) in [6.07, 6.45) is 2.54. The van der Waals surface area contributed by atoms with Crippen molar-refractivity contribution in [1.82, 2.24) is 4.90 Å². The average molecular weight is 457 g/mol. The Hall–Kier alpha value is -2.38. The van der Waals surface area contributed by atoms with Gasteiger partial charge in [-0.3, -0.25) is 9.10 Å². The number of nitrogens with zero attached hydrogens (tertiary/aromatic N) is 2. The number of hydrogen-bond acceptors (Lipinski definition) is 4. The van der Waals surface area contributed by atoms with Crippen LogP contribution in [0.15, 0.2) is 47.4 Å². The van der Waals surface area contributed by atoms with E-state index in [9.17, 15) is 13.2 Å². The van der Waals surface area contributed by atoms with Crippen molar-refractivity contribution >= 4 is 21.6 Å². The monoisotopic (exact) mass is 456 g/mol. The number of ether oxygens (including phenoxy) is 1. The van der Waals surface area contributed by atoms with Gasteiger partial charge in [0.1, 0.15) is 0 Å². The molecular weight excluding hydrogens is 424 g/mol. The van der Waals surface area contributed by atoms with Crippen LogP contribution in [-0.2, 0) is 27.7 Å². The molecule has 0 spiro atoms. The zero-order valence-electron chi connectivity index (χ0n) is 19.1. The van der Waals surface area contributed by atoms with Crippen molar-refractivity contribution in [2.45, 2.75) is 57.5 Å². The van der Waals surface area contributed by atoms with Gasteiger partial charge in [-0.05, 0) is 60.6 Å². The molecule has 2 aliphatic heterocycles. The van der Waals surface area contributed by atoms with Crippen LogP contribution in [0.25, 0.3) is 0 Å². The third-order valence-electron chi connectivity index (χ3n) is 6.30. The molecule has 0 saturated carbocycles. The van der Waals surface area contributed by atoms with Crippen molar-refractivity contribution in [3.63, 3.8) is 0 Å². The molecule has 0 atom stereocenters. The van der Waals surface area contributed by atoms with Gasteiger partial charge in [0.05, 0.1) is 10.6 Å². The van der Waals surface area contributed by atoms with E-state index in [1.165, 1.54) is 4.31 Å². The molecule has 0 aliphatic carbocycles. The summed E-state index contributed by atoms with van der Waals surface area (Å²) >= 11 is 0.